The van der Waals surface area contributed by atoms with E-state index in [-0.39, 0.29) is 11.9 Å². The molecule has 10 heteroatoms. The number of carbonyl (C=O) groups excluding carboxylic acids is 1. The van der Waals surface area contributed by atoms with Crippen molar-refractivity contribution in [1.29, 1.82) is 0 Å². The molecule has 4 rings (SSSR count). The lowest BCUT2D eigenvalue weighted by Gasteiger charge is -2.27. The number of hydrogen-bond donors (Lipinski definition) is 1. The van der Waals surface area contributed by atoms with Gasteiger partial charge in [0.05, 0.1) is 17.4 Å². The van der Waals surface area contributed by atoms with Crippen LogP contribution in [0.5, 0.6) is 0 Å². The van der Waals surface area contributed by atoms with Gasteiger partial charge in [-0.05, 0) is 37.6 Å². The molecule has 1 aliphatic rings. The molecule has 1 atom stereocenters. The summed E-state index contributed by atoms with van der Waals surface area (Å²) in [5.74, 6) is -0.0941. The van der Waals surface area contributed by atoms with Gasteiger partial charge in [-0.1, -0.05) is 13.0 Å². The van der Waals surface area contributed by atoms with Crippen LogP contribution in [0.3, 0.4) is 0 Å². The topological polar surface area (TPSA) is 63.1 Å². The molecule has 0 spiro atoms. The summed E-state index contributed by atoms with van der Waals surface area (Å²) in [6, 6.07) is 5.14. The van der Waals surface area contributed by atoms with E-state index in [0.717, 1.165) is 38.1 Å². The zero-order valence-corrected chi connectivity index (χ0v) is 17.7. The summed E-state index contributed by atoms with van der Waals surface area (Å²) in [5.41, 5.74) is 0.594. The number of nitrogens with one attached hydrogen (secondary N) is 1. The fraction of sp³-hybridized carbons (Fsp3) is 0.381. The minimum absolute atomic E-state index is 0.0941. The lowest BCUT2D eigenvalue weighted by molar-refractivity contribution is -0.137. The standard InChI is InChI=1S/C21H22F3N5OS/c1-2-8-28(17-6-7-25-11-17)20(30)18-13-31-19(27-18)14-10-26-29(12-14)16-5-3-4-15(9-16)21(22,23)24/h3-5,9-10,12-13,17,25H,2,6-8,11H2,1H3/t17-/m0/s1. The van der Waals surface area contributed by atoms with Crippen molar-refractivity contribution in [3.8, 4) is 16.3 Å². The van der Waals surface area contributed by atoms with Gasteiger partial charge in [-0.25, -0.2) is 9.67 Å². The largest absolute Gasteiger partial charge is 0.416 e. The number of benzene rings is 1. The third-order valence-corrected chi connectivity index (χ3v) is 6.08. The Hall–Kier alpha value is -2.72. The molecular formula is C21H22F3N5OS. The summed E-state index contributed by atoms with van der Waals surface area (Å²) in [4.78, 5) is 19.4. The highest BCUT2D eigenvalue weighted by Gasteiger charge is 2.31. The van der Waals surface area contributed by atoms with E-state index in [9.17, 15) is 18.0 Å². The highest BCUT2D eigenvalue weighted by molar-refractivity contribution is 7.13. The van der Waals surface area contributed by atoms with Gasteiger partial charge in [0.1, 0.15) is 10.7 Å². The van der Waals surface area contributed by atoms with E-state index >= 15 is 0 Å². The van der Waals surface area contributed by atoms with Crippen molar-refractivity contribution in [2.24, 2.45) is 0 Å². The van der Waals surface area contributed by atoms with Crippen LogP contribution in [0.25, 0.3) is 16.3 Å². The van der Waals surface area contributed by atoms with Gasteiger partial charge in [-0.15, -0.1) is 11.3 Å². The number of alkyl halides is 3. The minimum Gasteiger partial charge on any atom is -0.333 e. The monoisotopic (exact) mass is 449 g/mol. The summed E-state index contributed by atoms with van der Waals surface area (Å²) < 4.78 is 40.3. The Kier molecular flexibility index (Phi) is 6.10. The maximum Gasteiger partial charge on any atom is 0.416 e. The molecule has 1 aromatic carbocycles. The van der Waals surface area contributed by atoms with Crippen molar-refractivity contribution < 1.29 is 18.0 Å². The van der Waals surface area contributed by atoms with E-state index < -0.39 is 11.7 Å². The second-order valence-electron chi connectivity index (χ2n) is 7.40. The summed E-state index contributed by atoms with van der Waals surface area (Å²) in [6.07, 6.45) is 0.524. The average Bonchev–Trinajstić information content (AvgIpc) is 3.52. The number of rotatable bonds is 6. The van der Waals surface area contributed by atoms with Crippen LogP contribution in [0.15, 0.2) is 42.0 Å². The molecule has 31 heavy (non-hydrogen) atoms. The van der Waals surface area contributed by atoms with Gasteiger partial charge in [0.15, 0.2) is 0 Å². The Morgan fingerprint density at radius 2 is 2.23 bits per heavy atom. The summed E-state index contributed by atoms with van der Waals surface area (Å²) in [5, 5.41) is 9.79. The molecule has 0 aliphatic carbocycles. The molecule has 1 amide bonds. The molecule has 164 valence electrons. The Morgan fingerprint density at radius 3 is 2.94 bits per heavy atom. The first-order valence-corrected chi connectivity index (χ1v) is 10.9. The second kappa shape index (κ2) is 8.80. The molecule has 3 aromatic rings. The molecule has 0 radical (unpaired) electrons. The number of halogens is 3. The van der Waals surface area contributed by atoms with Gasteiger partial charge in [0, 0.05) is 36.3 Å². The normalized spacial score (nSPS) is 16.6. The van der Waals surface area contributed by atoms with Crippen molar-refractivity contribution in [2.75, 3.05) is 19.6 Å². The zero-order valence-electron chi connectivity index (χ0n) is 16.9. The molecule has 0 unspecified atom stereocenters. The zero-order chi connectivity index (χ0) is 22.0. The predicted molar refractivity (Wildman–Crippen MR) is 112 cm³/mol. The lowest BCUT2D eigenvalue weighted by atomic mass is 10.2. The molecule has 3 heterocycles. The number of nitrogens with zero attached hydrogens (tertiary/aromatic N) is 4. The average molecular weight is 450 g/mol. The Balaban J connectivity index is 1.55. The molecule has 1 saturated heterocycles. The minimum atomic E-state index is -4.42. The van der Waals surface area contributed by atoms with Crippen molar-refractivity contribution in [2.45, 2.75) is 32.0 Å². The second-order valence-corrected chi connectivity index (χ2v) is 8.26. The molecule has 1 aliphatic heterocycles. The van der Waals surface area contributed by atoms with Gasteiger partial charge in [0.2, 0.25) is 0 Å². The van der Waals surface area contributed by atoms with Crippen molar-refractivity contribution >= 4 is 17.2 Å². The lowest BCUT2D eigenvalue weighted by Crippen LogP contribution is -2.42. The molecular weight excluding hydrogens is 427 g/mol. The van der Waals surface area contributed by atoms with E-state index in [1.54, 1.807) is 17.6 Å². The fourth-order valence-corrected chi connectivity index (χ4v) is 4.42. The van der Waals surface area contributed by atoms with Gasteiger partial charge in [0.25, 0.3) is 5.91 Å². The Morgan fingerprint density at radius 1 is 1.39 bits per heavy atom. The SMILES string of the molecule is CCCN(C(=O)c1csc(-c2cnn(-c3cccc(C(F)(F)F)c3)c2)n1)[C@H]1CCNC1. The van der Waals surface area contributed by atoms with E-state index in [0.29, 0.717) is 28.5 Å². The fourth-order valence-electron chi connectivity index (χ4n) is 3.65. The summed E-state index contributed by atoms with van der Waals surface area (Å²) in [7, 11) is 0. The van der Waals surface area contributed by atoms with E-state index in [4.69, 9.17) is 0 Å². The molecule has 0 saturated carbocycles. The number of thiazole rings is 1. The summed E-state index contributed by atoms with van der Waals surface area (Å²) in [6.45, 7) is 4.39. The third kappa shape index (κ3) is 4.64. The molecule has 1 N–H and O–H groups in total. The maximum absolute atomic E-state index is 13.0. The number of hydrogen-bond acceptors (Lipinski definition) is 5. The van der Waals surface area contributed by atoms with E-state index in [1.165, 1.54) is 28.3 Å². The quantitative estimate of drug-likeness (QED) is 0.612. The van der Waals surface area contributed by atoms with Crippen molar-refractivity contribution in [1.82, 2.24) is 25.0 Å². The maximum atomic E-state index is 13.0. The number of aromatic nitrogens is 3. The van der Waals surface area contributed by atoms with E-state index in [1.807, 2.05) is 11.8 Å². The highest BCUT2D eigenvalue weighted by atomic mass is 32.1. The van der Waals surface area contributed by atoms with Gasteiger partial charge < -0.3 is 10.2 Å². The van der Waals surface area contributed by atoms with Crippen LogP contribution in [-0.2, 0) is 6.18 Å². The molecule has 0 bridgehead atoms. The molecule has 2 aromatic heterocycles. The van der Waals surface area contributed by atoms with Crippen LogP contribution < -0.4 is 5.32 Å². The first-order chi connectivity index (χ1) is 14.9. The highest BCUT2D eigenvalue weighted by Crippen LogP contribution is 2.31. The third-order valence-electron chi connectivity index (χ3n) is 5.19. The smallest absolute Gasteiger partial charge is 0.333 e. The van der Waals surface area contributed by atoms with E-state index in [2.05, 4.69) is 15.4 Å². The number of carbonyl (C=O) groups is 1. The van der Waals surface area contributed by atoms with Crippen LogP contribution in [0.2, 0.25) is 0 Å². The predicted octanol–water partition coefficient (Wildman–Crippen LogP) is 4.23. The van der Waals surface area contributed by atoms with Crippen LogP contribution in [0.1, 0.15) is 35.8 Å². The first-order valence-electron chi connectivity index (χ1n) is 10.1. The van der Waals surface area contributed by atoms with Crippen LogP contribution in [0, 0.1) is 0 Å². The Bertz CT molecular complexity index is 1060. The summed E-state index contributed by atoms with van der Waals surface area (Å²) >= 11 is 1.32. The number of amides is 1. The first kappa shape index (κ1) is 21.5. The molecule has 6 nitrogen and oxygen atoms in total. The van der Waals surface area contributed by atoms with Gasteiger partial charge >= 0.3 is 6.18 Å². The van der Waals surface area contributed by atoms with Gasteiger partial charge in [-0.3, -0.25) is 4.79 Å². The molecule has 1 fully saturated rings. The van der Waals surface area contributed by atoms with Crippen molar-refractivity contribution in [3.05, 3.63) is 53.3 Å². The van der Waals surface area contributed by atoms with Crippen LogP contribution >= 0.6 is 11.3 Å². The van der Waals surface area contributed by atoms with Gasteiger partial charge in [-0.2, -0.15) is 18.3 Å². The van der Waals surface area contributed by atoms with Crippen LogP contribution in [-0.4, -0.2) is 51.2 Å². The van der Waals surface area contributed by atoms with Crippen LogP contribution in [0.4, 0.5) is 13.2 Å². The van der Waals surface area contributed by atoms with Crippen molar-refractivity contribution in [3.63, 3.8) is 0 Å². The Labute approximate surface area is 181 Å².